The number of nitrogens with zero attached hydrogens (tertiary/aromatic N) is 2. The molecule has 9 aromatic carbocycles. The molecule has 1 atom stereocenters. The van der Waals surface area contributed by atoms with Crippen LogP contribution < -0.4 is 15.8 Å². The predicted octanol–water partition coefficient (Wildman–Crippen LogP) is 18.3. The van der Waals surface area contributed by atoms with Crippen molar-refractivity contribution in [2.75, 3.05) is 4.90 Å². The van der Waals surface area contributed by atoms with E-state index >= 15 is 0 Å². The first-order valence-corrected chi connectivity index (χ1v) is 26.9. The Hall–Kier alpha value is -7.56. The molecule has 0 saturated heterocycles. The van der Waals surface area contributed by atoms with Crippen molar-refractivity contribution in [1.82, 2.24) is 4.48 Å². The van der Waals surface area contributed by atoms with Crippen LogP contribution in [0.15, 0.2) is 162 Å². The van der Waals surface area contributed by atoms with E-state index in [0.717, 1.165) is 23.5 Å². The molecule has 0 N–H and O–H groups in total. The molecule has 362 valence electrons. The fourth-order valence-electron chi connectivity index (χ4n) is 13.5. The fourth-order valence-corrected chi connectivity index (χ4v) is 13.5. The molecule has 0 bridgehead atoms. The van der Waals surface area contributed by atoms with Gasteiger partial charge in [0.15, 0.2) is 0 Å². The first-order valence-electron chi connectivity index (χ1n) is 26.9. The third-order valence-electron chi connectivity index (χ3n) is 17.1. The van der Waals surface area contributed by atoms with E-state index in [2.05, 4.69) is 249 Å². The highest BCUT2D eigenvalue weighted by molar-refractivity contribution is 6.90. The zero-order chi connectivity index (χ0) is 50.9. The van der Waals surface area contributed by atoms with E-state index in [4.69, 9.17) is 4.42 Å². The summed E-state index contributed by atoms with van der Waals surface area (Å²) in [4.78, 5) is 2.67. The van der Waals surface area contributed by atoms with Gasteiger partial charge in [-0.05, 0) is 173 Å². The Bertz CT molecular complexity index is 4180. The molecule has 3 nitrogen and oxygen atoms in total. The van der Waals surface area contributed by atoms with Crippen LogP contribution in [0, 0.1) is 6.92 Å². The van der Waals surface area contributed by atoms with E-state index in [1.807, 2.05) is 0 Å². The topological polar surface area (TPSA) is 21.3 Å². The van der Waals surface area contributed by atoms with Crippen LogP contribution in [0.1, 0.15) is 115 Å². The monoisotopic (exact) mass is 959 g/mol. The lowest BCUT2D eigenvalue weighted by molar-refractivity contribution is 0.586. The SMILES string of the molecule is Cc1c2ccccc2c(C(C)(C)C)c2cc3c(cc12)B1c2c(cc4c5c(oc4c2-c2cc(C(C)(C)C)cc4c6cc(C(C)(C)C)ccc6n1c24)C=CCC5C)N3c1cc(-c2ccccc2)cc(-c2ccccc2)c1. The number of anilines is 3. The summed E-state index contributed by atoms with van der Waals surface area (Å²) in [6.45, 7) is 25.9. The number of aromatic nitrogens is 1. The van der Waals surface area contributed by atoms with Crippen molar-refractivity contribution in [3.05, 3.63) is 191 Å². The number of allylic oxidation sites excluding steroid dienone is 1. The predicted molar refractivity (Wildman–Crippen MR) is 319 cm³/mol. The number of benzene rings is 9. The maximum absolute atomic E-state index is 7.40. The Morgan fingerprint density at radius 2 is 1.18 bits per heavy atom. The third-order valence-corrected chi connectivity index (χ3v) is 17.1. The van der Waals surface area contributed by atoms with Crippen LogP contribution >= 0.6 is 0 Å². The minimum Gasteiger partial charge on any atom is -0.456 e. The number of aryl methyl sites for hydroxylation is 1. The number of furan rings is 1. The van der Waals surface area contributed by atoms with Crippen LogP contribution in [0.25, 0.3) is 93.8 Å². The molecule has 2 aliphatic heterocycles. The zero-order valence-corrected chi connectivity index (χ0v) is 44.8. The molecule has 1 unspecified atom stereocenters. The number of rotatable bonds is 3. The quantitative estimate of drug-likeness (QED) is 0.130. The zero-order valence-electron chi connectivity index (χ0n) is 44.8. The van der Waals surface area contributed by atoms with Crippen molar-refractivity contribution >= 4 is 95.2 Å². The van der Waals surface area contributed by atoms with Crippen molar-refractivity contribution < 1.29 is 4.42 Å². The smallest absolute Gasteiger partial charge is 0.333 e. The van der Waals surface area contributed by atoms with Gasteiger partial charge in [0.25, 0.3) is 0 Å². The Morgan fingerprint density at radius 1 is 0.541 bits per heavy atom. The molecule has 0 fully saturated rings. The van der Waals surface area contributed by atoms with Gasteiger partial charge in [0.2, 0.25) is 0 Å². The van der Waals surface area contributed by atoms with E-state index in [0.29, 0.717) is 5.92 Å². The minimum atomic E-state index is -0.168. The first kappa shape index (κ1) is 45.1. The Morgan fingerprint density at radius 3 is 1.84 bits per heavy atom. The van der Waals surface area contributed by atoms with Crippen LogP contribution in [0.4, 0.5) is 17.1 Å². The van der Waals surface area contributed by atoms with Crippen molar-refractivity contribution in [1.29, 1.82) is 0 Å². The van der Waals surface area contributed by atoms with Crippen LogP contribution in [-0.4, -0.2) is 11.3 Å². The Labute approximate surface area is 436 Å². The average Bonchev–Trinajstić information content (AvgIpc) is 3.98. The molecule has 3 aliphatic rings. The lowest BCUT2D eigenvalue weighted by Crippen LogP contribution is -2.56. The molecule has 2 aromatic heterocycles. The van der Waals surface area contributed by atoms with E-state index in [9.17, 15) is 0 Å². The van der Waals surface area contributed by atoms with E-state index < -0.39 is 0 Å². The van der Waals surface area contributed by atoms with Gasteiger partial charge in [-0.1, -0.05) is 172 Å². The average molecular weight is 959 g/mol. The van der Waals surface area contributed by atoms with Crippen LogP contribution in [-0.2, 0) is 16.2 Å². The summed E-state index contributed by atoms with van der Waals surface area (Å²) >= 11 is 0. The van der Waals surface area contributed by atoms with Gasteiger partial charge in [0, 0.05) is 60.9 Å². The van der Waals surface area contributed by atoms with Crippen LogP contribution in [0.5, 0.6) is 0 Å². The molecule has 0 radical (unpaired) electrons. The van der Waals surface area contributed by atoms with Gasteiger partial charge >= 0.3 is 6.85 Å². The summed E-state index contributed by atoms with van der Waals surface area (Å²) < 4.78 is 10.2. The highest BCUT2D eigenvalue weighted by Gasteiger charge is 2.46. The summed E-state index contributed by atoms with van der Waals surface area (Å²) in [6.07, 6.45) is 5.52. The molecular weight excluding hydrogens is 896 g/mol. The van der Waals surface area contributed by atoms with Crippen molar-refractivity contribution in [3.8, 4) is 33.4 Å². The highest BCUT2D eigenvalue weighted by atomic mass is 16.3. The molecule has 11 aromatic rings. The normalized spacial score (nSPS) is 15.2. The lowest BCUT2D eigenvalue weighted by atomic mass is 9.44. The molecule has 74 heavy (non-hydrogen) atoms. The second kappa shape index (κ2) is 15.5. The standard InChI is InChI=1S/C70H63BN2O/c1-40-21-20-28-61-62(40)56-39-60-65-63(67(56)74-61)55-36-47(69(6,7)8)35-54-52-34-46(68(3,4)5)29-30-58(52)73(66(54)55)71(65)57-37-51-41(2)49-26-18-19-27-50(49)64(70(9,10)11)53(51)38-59(57)72(60)48-32-44(42-22-14-12-15-23-42)31-45(33-48)43-24-16-13-17-25-43/h12-20,22-40H,21H2,1-11H3. The molecule has 1 aliphatic carbocycles. The second-order valence-corrected chi connectivity index (χ2v) is 25.0. The van der Waals surface area contributed by atoms with Crippen molar-refractivity contribution in [2.24, 2.45) is 0 Å². The first-order chi connectivity index (χ1) is 35.4. The van der Waals surface area contributed by atoms with Gasteiger partial charge in [-0.15, -0.1) is 0 Å². The molecule has 0 spiro atoms. The van der Waals surface area contributed by atoms with Crippen molar-refractivity contribution in [2.45, 2.75) is 105 Å². The summed E-state index contributed by atoms with van der Waals surface area (Å²) in [5, 5.41) is 9.11. The number of fused-ring (bicyclic) bond motifs is 13. The van der Waals surface area contributed by atoms with Gasteiger partial charge in [-0.25, -0.2) is 0 Å². The largest absolute Gasteiger partial charge is 0.456 e. The lowest BCUT2D eigenvalue weighted by Gasteiger charge is -2.41. The van der Waals surface area contributed by atoms with Crippen molar-refractivity contribution in [3.63, 3.8) is 0 Å². The van der Waals surface area contributed by atoms with Gasteiger partial charge in [-0.3, -0.25) is 0 Å². The summed E-state index contributed by atoms with van der Waals surface area (Å²) in [5.41, 5.74) is 23.3. The molecule has 4 heteroatoms. The molecule has 0 amide bonds. The number of hydrogen-bond acceptors (Lipinski definition) is 2. The third kappa shape index (κ3) is 6.46. The summed E-state index contributed by atoms with van der Waals surface area (Å²) in [6, 6.07) is 58.5. The molecule has 4 heterocycles. The fraction of sp³-hybridized carbons (Fsp3) is 0.229. The maximum atomic E-state index is 7.40. The minimum absolute atomic E-state index is 0.0260. The van der Waals surface area contributed by atoms with E-state index in [1.165, 1.54) is 132 Å². The molecule has 14 rings (SSSR count). The molecular formula is C70H63BN2O. The summed E-state index contributed by atoms with van der Waals surface area (Å²) in [5.74, 6) is 1.29. The van der Waals surface area contributed by atoms with Gasteiger partial charge in [0.1, 0.15) is 11.3 Å². The molecule has 0 saturated carbocycles. The summed E-state index contributed by atoms with van der Waals surface area (Å²) in [7, 11) is 0. The Kier molecular flexibility index (Phi) is 9.44. The van der Waals surface area contributed by atoms with Crippen LogP contribution in [0.3, 0.4) is 0 Å². The van der Waals surface area contributed by atoms with E-state index in [1.54, 1.807) is 0 Å². The van der Waals surface area contributed by atoms with E-state index in [-0.39, 0.29) is 23.1 Å². The maximum Gasteiger partial charge on any atom is 0.333 e. The van der Waals surface area contributed by atoms with Gasteiger partial charge in [0.05, 0.1) is 0 Å². The van der Waals surface area contributed by atoms with Gasteiger partial charge < -0.3 is 13.8 Å². The van der Waals surface area contributed by atoms with Gasteiger partial charge in [-0.2, -0.15) is 0 Å². The number of hydrogen-bond donors (Lipinski definition) is 0. The van der Waals surface area contributed by atoms with Crippen LogP contribution in [0.2, 0.25) is 0 Å². The Balaban J connectivity index is 1.22. The second-order valence-electron chi connectivity index (χ2n) is 25.0. The highest BCUT2D eigenvalue weighted by Crippen LogP contribution is 2.53.